The standard InChI is InChI=1S/C22H26F3NO/c1-16-13-21(2,3)15-26(18-7-5-4-6-8-18)14-20(16)17-9-11-19(12-10-17)27-22(23,24)25/h4-12,16,20H,13-15H2,1-3H3. The highest BCUT2D eigenvalue weighted by Gasteiger charge is 2.35. The maximum Gasteiger partial charge on any atom is 0.573 e. The Hall–Kier alpha value is -2.17. The van der Waals surface area contributed by atoms with Crippen LogP contribution in [0.15, 0.2) is 54.6 Å². The molecule has 2 aromatic rings. The first-order valence-electron chi connectivity index (χ1n) is 9.29. The number of hydrogen-bond donors (Lipinski definition) is 0. The fourth-order valence-corrected chi connectivity index (χ4v) is 4.26. The molecule has 1 aliphatic rings. The molecule has 1 heterocycles. The van der Waals surface area contributed by atoms with Crippen molar-refractivity contribution >= 4 is 5.69 Å². The van der Waals surface area contributed by atoms with Crippen LogP contribution in [0.3, 0.4) is 0 Å². The molecular weight excluding hydrogens is 351 g/mol. The molecule has 146 valence electrons. The summed E-state index contributed by atoms with van der Waals surface area (Å²) in [5.41, 5.74) is 2.39. The van der Waals surface area contributed by atoms with Crippen molar-refractivity contribution < 1.29 is 17.9 Å². The van der Waals surface area contributed by atoms with E-state index < -0.39 is 6.36 Å². The molecule has 27 heavy (non-hydrogen) atoms. The third kappa shape index (κ3) is 5.18. The molecule has 2 aromatic carbocycles. The molecule has 0 aliphatic carbocycles. The smallest absolute Gasteiger partial charge is 0.406 e. The Bertz CT molecular complexity index is 740. The summed E-state index contributed by atoms with van der Waals surface area (Å²) in [4.78, 5) is 2.40. The number of halogens is 3. The summed E-state index contributed by atoms with van der Waals surface area (Å²) < 4.78 is 41.2. The highest BCUT2D eigenvalue weighted by atomic mass is 19.4. The van der Waals surface area contributed by atoms with E-state index in [1.165, 1.54) is 17.8 Å². The van der Waals surface area contributed by atoms with Crippen LogP contribution < -0.4 is 9.64 Å². The van der Waals surface area contributed by atoms with E-state index in [9.17, 15) is 13.2 Å². The summed E-state index contributed by atoms with van der Waals surface area (Å²) in [6, 6.07) is 16.7. The van der Waals surface area contributed by atoms with Gasteiger partial charge in [0, 0.05) is 24.7 Å². The summed E-state index contributed by atoms with van der Waals surface area (Å²) in [7, 11) is 0. The SMILES string of the molecule is CC1CC(C)(C)CN(c2ccccc2)CC1c1ccc(OC(F)(F)F)cc1. The van der Waals surface area contributed by atoms with E-state index >= 15 is 0 Å². The normalized spacial score (nSPS) is 23.0. The molecule has 3 rings (SSSR count). The van der Waals surface area contributed by atoms with E-state index in [0.29, 0.717) is 5.92 Å². The fraction of sp³-hybridized carbons (Fsp3) is 0.455. The molecule has 5 heteroatoms. The van der Waals surface area contributed by atoms with Gasteiger partial charge in [-0.25, -0.2) is 0 Å². The molecule has 2 atom stereocenters. The lowest BCUT2D eigenvalue weighted by Crippen LogP contribution is -2.33. The number of anilines is 1. The van der Waals surface area contributed by atoms with Crippen molar-refractivity contribution in [1.82, 2.24) is 0 Å². The van der Waals surface area contributed by atoms with Gasteiger partial charge in [0.25, 0.3) is 0 Å². The van der Waals surface area contributed by atoms with Gasteiger partial charge in [-0.3, -0.25) is 0 Å². The van der Waals surface area contributed by atoms with Gasteiger partial charge in [0.15, 0.2) is 0 Å². The lowest BCUT2D eigenvalue weighted by Gasteiger charge is -2.31. The van der Waals surface area contributed by atoms with Crippen LogP contribution in [0.2, 0.25) is 0 Å². The van der Waals surface area contributed by atoms with Crippen molar-refractivity contribution in [2.45, 2.75) is 39.5 Å². The van der Waals surface area contributed by atoms with Crippen LogP contribution in [0.1, 0.15) is 38.7 Å². The molecule has 1 fully saturated rings. The Morgan fingerprint density at radius 1 is 1.00 bits per heavy atom. The average molecular weight is 377 g/mol. The zero-order valence-electron chi connectivity index (χ0n) is 16.0. The molecule has 0 aromatic heterocycles. The molecule has 0 radical (unpaired) electrons. The largest absolute Gasteiger partial charge is 0.573 e. The maximum absolute atomic E-state index is 12.4. The van der Waals surface area contributed by atoms with Gasteiger partial charge >= 0.3 is 6.36 Å². The number of alkyl halides is 3. The van der Waals surface area contributed by atoms with Crippen molar-refractivity contribution in [3.05, 3.63) is 60.2 Å². The predicted molar refractivity (Wildman–Crippen MR) is 102 cm³/mol. The fourth-order valence-electron chi connectivity index (χ4n) is 4.26. The molecular formula is C22H26F3NO. The minimum atomic E-state index is -4.66. The zero-order valence-corrected chi connectivity index (χ0v) is 16.0. The van der Waals surface area contributed by atoms with E-state index in [4.69, 9.17) is 0 Å². The molecule has 0 amide bonds. The van der Waals surface area contributed by atoms with Gasteiger partial charge in [-0.15, -0.1) is 13.2 Å². The molecule has 0 spiro atoms. The van der Waals surface area contributed by atoms with Crippen molar-refractivity contribution in [3.8, 4) is 5.75 Å². The second-order valence-corrected chi connectivity index (χ2v) is 8.29. The Kier molecular flexibility index (Phi) is 5.41. The molecule has 0 bridgehead atoms. The topological polar surface area (TPSA) is 12.5 Å². The number of benzene rings is 2. The van der Waals surface area contributed by atoms with Crippen molar-refractivity contribution in [2.24, 2.45) is 11.3 Å². The molecule has 0 N–H and O–H groups in total. The van der Waals surface area contributed by atoms with E-state index in [1.807, 2.05) is 18.2 Å². The number of rotatable bonds is 3. The number of hydrogen-bond acceptors (Lipinski definition) is 2. The molecule has 0 saturated carbocycles. The average Bonchev–Trinajstić information content (AvgIpc) is 2.70. The number of nitrogens with zero attached hydrogens (tertiary/aromatic N) is 1. The zero-order chi connectivity index (χ0) is 19.7. The maximum atomic E-state index is 12.4. The highest BCUT2D eigenvalue weighted by Crippen LogP contribution is 2.41. The number of ether oxygens (including phenoxy) is 1. The minimum absolute atomic E-state index is 0.156. The van der Waals surface area contributed by atoms with Gasteiger partial charge in [0.1, 0.15) is 5.75 Å². The lowest BCUT2D eigenvalue weighted by atomic mass is 9.78. The first-order chi connectivity index (χ1) is 12.6. The Labute approximate surface area is 159 Å². The summed E-state index contributed by atoms with van der Waals surface area (Å²) in [5.74, 6) is 0.489. The summed E-state index contributed by atoms with van der Waals surface area (Å²) in [6.07, 6.45) is -3.60. The van der Waals surface area contributed by atoms with E-state index in [-0.39, 0.29) is 17.1 Å². The molecule has 2 nitrogen and oxygen atoms in total. The summed E-state index contributed by atoms with van der Waals surface area (Å²) in [6.45, 7) is 8.59. The molecule has 1 aliphatic heterocycles. The number of para-hydroxylation sites is 1. The third-order valence-electron chi connectivity index (χ3n) is 5.26. The van der Waals surface area contributed by atoms with Crippen LogP contribution in [-0.4, -0.2) is 19.5 Å². The van der Waals surface area contributed by atoms with Gasteiger partial charge in [0.2, 0.25) is 0 Å². The predicted octanol–water partition coefficient (Wildman–Crippen LogP) is 6.24. The highest BCUT2D eigenvalue weighted by molar-refractivity contribution is 5.47. The van der Waals surface area contributed by atoms with Crippen LogP contribution in [0.4, 0.5) is 18.9 Å². The van der Waals surface area contributed by atoms with Crippen LogP contribution >= 0.6 is 0 Å². The third-order valence-corrected chi connectivity index (χ3v) is 5.26. The Morgan fingerprint density at radius 2 is 1.63 bits per heavy atom. The van der Waals surface area contributed by atoms with E-state index in [1.54, 1.807) is 12.1 Å². The Balaban J connectivity index is 1.86. The van der Waals surface area contributed by atoms with Crippen molar-refractivity contribution in [3.63, 3.8) is 0 Å². The van der Waals surface area contributed by atoms with Gasteiger partial charge in [-0.05, 0) is 47.6 Å². The molecule has 2 unspecified atom stereocenters. The van der Waals surface area contributed by atoms with Gasteiger partial charge in [-0.1, -0.05) is 51.1 Å². The minimum Gasteiger partial charge on any atom is -0.406 e. The second kappa shape index (κ2) is 7.45. The van der Waals surface area contributed by atoms with Crippen LogP contribution in [0.5, 0.6) is 5.75 Å². The van der Waals surface area contributed by atoms with Gasteiger partial charge in [0.05, 0.1) is 0 Å². The first-order valence-corrected chi connectivity index (χ1v) is 9.29. The second-order valence-electron chi connectivity index (χ2n) is 8.29. The Morgan fingerprint density at radius 3 is 2.22 bits per heavy atom. The van der Waals surface area contributed by atoms with Crippen molar-refractivity contribution in [2.75, 3.05) is 18.0 Å². The van der Waals surface area contributed by atoms with Crippen molar-refractivity contribution in [1.29, 1.82) is 0 Å². The quantitative estimate of drug-likeness (QED) is 0.628. The first kappa shape index (κ1) is 19.6. The van der Waals surface area contributed by atoms with Crippen LogP contribution in [-0.2, 0) is 0 Å². The van der Waals surface area contributed by atoms with E-state index in [2.05, 4.69) is 42.5 Å². The lowest BCUT2D eigenvalue weighted by molar-refractivity contribution is -0.274. The summed E-state index contributed by atoms with van der Waals surface area (Å²) >= 11 is 0. The molecule has 1 saturated heterocycles. The van der Waals surface area contributed by atoms with Gasteiger partial charge in [-0.2, -0.15) is 0 Å². The van der Waals surface area contributed by atoms with Gasteiger partial charge < -0.3 is 9.64 Å². The monoisotopic (exact) mass is 377 g/mol. The van der Waals surface area contributed by atoms with Crippen LogP contribution in [0, 0.1) is 11.3 Å². The van der Waals surface area contributed by atoms with E-state index in [0.717, 1.165) is 25.1 Å². The van der Waals surface area contributed by atoms with Crippen LogP contribution in [0.25, 0.3) is 0 Å². The summed E-state index contributed by atoms with van der Waals surface area (Å²) in [5, 5.41) is 0.